The Balaban J connectivity index is 1.12. The Morgan fingerprint density at radius 1 is 1.02 bits per heavy atom. The predicted molar refractivity (Wildman–Crippen MR) is 174 cm³/mol. The zero-order valence-electron chi connectivity index (χ0n) is 25.8. The zero-order valence-corrected chi connectivity index (χ0v) is 25.8. The van der Waals surface area contributed by atoms with E-state index in [0.29, 0.717) is 53.5 Å². The summed E-state index contributed by atoms with van der Waals surface area (Å²) in [5.74, 6) is 0.174. The van der Waals surface area contributed by atoms with Gasteiger partial charge in [-0.3, -0.25) is 4.79 Å². The van der Waals surface area contributed by atoms with Gasteiger partial charge >= 0.3 is 0 Å². The molecular formula is C36H32FN7O3. The molecule has 10 nitrogen and oxygen atoms in total. The van der Waals surface area contributed by atoms with Gasteiger partial charge in [-0.2, -0.15) is 9.49 Å². The number of aromatic nitrogens is 6. The Morgan fingerprint density at radius 2 is 1.91 bits per heavy atom. The fourth-order valence-electron chi connectivity index (χ4n) is 6.51. The summed E-state index contributed by atoms with van der Waals surface area (Å²) in [6, 6.07) is 22.6. The molecule has 0 aliphatic carbocycles. The van der Waals surface area contributed by atoms with Crippen LogP contribution in [0.4, 0.5) is 4.39 Å². The number of nitrogens with zero attached hydrogens (tertiary/aromatic N) is 7. The van der Waals surface area contributed by atoms with E-state index in [2.05, 4.69) is 27.4 Å². The van der Waals surface area contributed by atoms with E-state index in [1.165, 1.54) is 11.8 Å². The van der Waals surface area contributed by atoms with Crippen LogP contribution in [0.25, 0.3) is 39.1 Å². The van der Waals surface area contributed by atoms with Crippen molar-refractivity contribution in [2.75, 3.05) is 20.3 Å². The minimum atomic E-state index is -0.529. The second kappa shape index (κ2) is 12.1. The van der Waals surface area contributed by atoms with Gasteiger partial charge < -0.3 is 14.4 Å². The summed E-state index contributed by atoms with van der Waals surface area (Å²) in [6.45, 7) is 1.83. The Kier molecular flexibility index (Phi) is 7.45. The van der Waals surface area contributed by atoms with Crippen molar-refractivity contribution in [1.82, 2.24) is 34.7 Å². The first-order valence-corrected chi connectivity index (χ1v) is 15.8. The van der Waals surface area contributed by atoms with Crippen LogP contribution in [-0.2, 0) is 17.7 Å². The van der Waals surface area contributed by atoms with Gasteiger partial charge in [0.2, 0.25) is 5.95 Å². The number of carbonyl (C=O) groups excluding carboxylic acids is 1. The van der Waals surface area contributed by atoms with Crippen LogP contribution in [0.5, 0.6) is 5.75 Å². The maximum atomic E-state index is 14.7. The molecule has 0 N–H and O–H groups in total. The molecule has 3 aromatic carbocycles. The highest BCUT2D eigenvalue weighted by molar-refractivity contribution is 5.96. The Morgan fingerprint density at radius 3 is 2.72 bits per heavy atom. The summed E-state index contributed by atoms with van der Waals surface area (Å²) in [4.78, 5) is 19.0. The van der Waals surface area contributed by atoms with Crippen molar-refractivity contribution < 1.29 is 18.7 Å². The lowest BCUT2D eigenvalue weighted by Crippen LogP contribution is -2.36. The number of rotatable bonds is 6. The van der Waals surface area contributed by atoms with Gasteiger partial charge in [0.05, 0.1) is 24.5 Å². The number of amides is 1. The highest BCUT2D eigenvalue weighted by atomic mass is 19.1. The standard InChI is InChI=1S/C36H32FN7O3/c1-46-28-12-8-24(9-13-28)36(45)42-17-15-23-7-11-27(19-26(23)21-42)43-22-31(39-41-43)34-30-20-25(29-5-4-16-38-35(29)37)10-14-32(30)44(40-34)33-6-2-3-18-47-33/h4-5,7-14,16,19-20,22,33H,2-3,6,15,17-18,21H2,1H3. The maximum Gasteiger partial charge on any atom is 0.254 e. The summed E-state index contributed by atoms with van der Waals surface area (Å²) in [5.41, 5.74) is 6.96. The average Bonchev–Trinajstić information content (AvgIpc) is 3.77. The van der Waals surface area contributed by atoms with Crippen molar-refractivity contribution in [3.63, 3.8) is 0 Å². The lowest BCUT2D eigenvalue weighted by atomic mass is 9.98. The lowest BCUT2D eigenvalue weighted by Gasteiger charge is -2.29. The summed E-state index contributed by atoms with van der Waals surface area (Å²) < 4.78 is 29.7. The van der Waals surface area contributed by atoms with Crippen molar-refractivity contribution in [1.29, 1.82) is 0 Å². The van der Waals surface area contributed by atoms with E-state index < -0.39 is 5.95 Å². The molecule has 0 radical (unpaired) electrons. The molecule has 1 unspecified atom stereocenters. The highest BCUT2D eigenvalue weighted by Crippen LogP contribution is 2.35. The second-order valence-electron chi connectivity index (χ2n) is 11.9. The molecule has 11 heteroatoms. The first-order chi connectivity index (χ1) is 23.1. The van der Waals surface area contributed by atoms with Crippen LogP contribution in [0, 0.1) is 5.95 Å². The number of hydrogen-bond acceptors (Lipinski definition) is 7. The van der Waals surface area contributed by atoms with Gasteiger partial charge in [0.25, 0.3) is 5.91 Å². The molecule has 2 aliphatic rings. The monoisotopic (exact) mass is 629 g/mol. The largest absolute Gasteiger partial charge is 0.497 e. The number of ether oxygens (including phenoxy) is 2. The molecule has 0 bridgehead atoms. The van der Waals surface area contributed by atoms with Gasteiger partial charge in [-0.05, 0) is 103 Å². The van der Waals surface area contributed by atoms with Gasteiger partial charge in [-0.25, -0.2) is 14.3 Å². The molecule has 1 saturated heterocycles. The zero-order chi connectivity index (χ0) is 31.9. The molecule has 47 heavy (non-hydrogen) atoms. The minimum Gasteiger partial charge on any atom is -0.497 e. The number of hydrogen-bond donors (Lipinski definition) is 0. The molecule has 8 rings (SSSR count). The topological polar surface area (TPSA) is 100 Å². The second-order valence-corrected chi connectivity index (χ2v) is 11.9. The molecule has 3 aromatic heterocycles. The number of pyridine rings is 1. The van der Waals surface area contributed by atoms with Gasteiger partial charge in [-0.1, -0.05) is 17.3 Å². The molecule has 1 fully saturated rings. The van der Waals surface area contributed by atoms with E-state index in [1.807, 2.05) is 40.0 Å². The van der Waals surface area contributed by atoms with Crippen molar-refractivity contribution in [3.8, 4) is 34.0 Å². The van der Waals surface area contributed by atoms with Crippen LogP contribution in [0.15, 0.2) is 85.2 Å². The number of benzene rings is 3. The predicted octanol–water partition coefficient (Wildman–Crippen LogP) is 6.39. The average molecular weight is 630 g/mol. The third-order valence-electron chi connectivity index (χ3n) is 9.03. The van der Waals surface area contributed by atoms with E-state index in [-0.39, 0.29) is 12.1 Å². The van der Waals surface area contributed by atoms with Crippen molar-refractivity contribution >= 4 is 16.8 Å². The van der Waals surface area contributed by atoms with Crippen LogP contribution in [0.3, 0.4) is 0 Å². The van der Waals surface area contributed by atoms with Crippen LogP contribution in [0.2, 0.25) is 0 Å². The van der Waals surface area contributed by atoms with Crippen molar-refractivity contribution in [2.45, 2.75) is 38.5 Å². The lowest BCUT2D eigenvalue weighted by molar-refractivity contribution is -0.0365. The normalized spacial score (nSPS) is 16.3. The fraction of sp³-hybridized carbons (Fsp3) is 0.250. The maximum absolute atomic E-state index is 14.7. The van der Waals surface area contributed by atoms with Crippen molar-refractivity contribution in [2.24, 2.45) is 0 Å². The summed E-state index contributed by atoms with van der Waals surface area (Å²) in [7, 11) is 1.61. The molecule has 0 spiro atoms. The Hall–Kier alpha value is -5.42. The van der Waals surface area contributed by atoms with E-state index >= 15 is 0 Å². The van der Waals surface area contributed by atoms with Crippen LogP contribution in [0.1, 0.15) is 47.0 Å². The quantitative estimate of drug-likeness (QED) is 0.197. The van der Waals surface area contributed by atoms with Crippen molar-refractivity contribution in [3.05, 3.63) is 108 Å². The molecule has 1 amide bonds. The first kappa shape index (κ1) is 29.0. The molecule has 6 aromatic rings. The summed E-state index contributed by atoms with van der Waals surface area (Å²) in [5, 5.41) is 14.8. The molecule has 236 valence electrons. The Labute approximate surface area is 270 Å². The molecule has 1 atom stereocenters. The highest BCUT2D eigenvalue weighted by Gasteiger charge is 2.25. The third-order valence-corrected chi connectivity index (χ3v) is 9.03. The van der Waals surface area contributed by atoms with E-state index in [4.69, 9.17) is 14.6 Å². The van der Waals surface area contributed by atoms with E-state index in [0.717, 1.165) is 47.8 Å². The molecular weight excluding hydrogens is 597 g/mol. The molecule has 5 heterocycles. The fourth-order valence-corrected chi connectivity index (χ4v) is 6.51. The number of carbonyl (C=O) groups is 1. The summed E-state index contributed by atoms with van der Waals surface area (Å²) >= 11 is 0. The SMILES string of the molecule is COc1ccc(C(=O)N2CCc3ccc(-n4cc(-c5nn(C6CCCCO6)c6ccc(-c7cccnc7F)cc56)nn4)cc3C2)cc1. The smallest absolute Gasteiger partial charge is 0.254 e. The van der Waals surface area contributed by atoms with Gasteiger partial charge in [0.1, 0.15) is 17.1 Å². The summed E-state index contributed by atoms with van der Waals surface area (Å²) in [6.07, 6.45) is 6.81. The molecule has 2 aliphatic heterocycles. The van der Waals surface area contributed by atoms with Gasteiger partial charge in [0, 0.05) is 42.4 Å². The third kappa shape index (κ3) is 5.42. The van der Waals surface area contributed by atoms with Crippen LogP contribution < -0.4 is 4.74 Å². The van der Waals surface area contributed by atoms with Crippen LogP contribution >= 0.6 is 0 Å². The van der Waals surface area contributed by atoms with Gasteiger partial charge in [-0.15, -0.1) is 5.10 Å². The van der Waals surface area contributed by atoms with Crippen LogP contribution in [-0.4, -0.2) is 60.8 Å². The number of methoxy groups -OCH3 is 1. The number of halogens is 1. The molecule has 0 saturated carbocycles. The Bertz CT molecular complexity index is 2100. The van der Waals surface area contributed by atoms with E-state index in [1.54, 1.807) is 48.2 Å². The first-order valence-electron chi connectivity index (χ1n) is 15.8. The minimum absolute atomic E-state index is 0.0123. The number of fused-ring (bicyclic) bond motifs is 2. The van der Waals surface area contributed by atoms with E-state index in [9.17, 15) is 9.18 Å². The van der Waals surface area contributed by atoms with Gasteiger partial charge in [0.15, 0.2) is 6.23 Å².